The number of alkyl halides is 3. The van der Waals surface area contributed by atoms with Gasteiger partial charge in [-0.3, -0.25) is 14.3 Å². The van der Waals surface area contributed by atoms with Crippen LogP contribution in [-0.2, 0) is 11.0 Å². The second-order valence-electron chi connectivity index (χ2n) is 7.01. The number of piperidine rings is 1. The lowest BCUT2D eigenvalue weighted by atomic mass is 10.1. The van der Waals surface area contributed by atoms with Crippen molar-refractivity contribution < 1.29 is 22.8 Å². The number of carbonyl (C=O) groups excluding carboxylic acids is 2. The predicted molar refractivity (Wildman–Crippen MR) is 101 cm³/mol. The molecule has 1 aliphatic rings. The number of amides is 2. The van der Waals surface area contributed by atoms with Crippen LogP contribution in [0.2, 0.25) is 0 Å². The molecule has 6 nitrogen and oxygen atoms in total. The number of likely N-dealkylation sites (tertiary alicyclic amines) is 1. The van der Waals surface area contributed by atoms with Crippen LogP contribution >= 0.6 is 0 Å². The number of carbonyl (C=O) groups is 2. The summed E-state index contributed by atoms with van der Waals surface area (Å²) in [6, 6.07) is 3.31. The third-order valence-electron chi connectivity index (χ3n) is 4.85. The zero-order valence-electron chi connectivity index (χ0n) is 15.9. The van der Waals surface area contributed by atoms with Crippen LogP contribution in [0.15, 0.2) is 43.2 Å². The van der Waals surface area contributed by atoms with E-state index in [1.807, 2.05) is 0 Å². The first-order chi connectivity index (χ1) is 13.7. The standard InChI is InChI=1S/C20H21F3N4O2/c1-3-18(28)26-6-4-17(5-7-26)27-12-16(11-24-27)25-19(29)14-8-13(2)9-15(10-14)20(21,22)23/h3,8-12,17H,1,4-7H2,2H3,(H,25,29). The van der Waals surface area contributed by atoms with E-state index in [-0.39, 0.29) is 17.5 Å². The summed E-state index contributed by atoms with van der Waals surface area (Å²) in [5, 5.41) is 6.84. The van der Waals surface area contributed by atoms with Crippen LogP contribution in [0.5, 0.6) is 0 Å². The predicted octanol–water partition coefficient (Wildman–Crippen LogP) is 3.81. The number of anilines is 1. The van der Waals surface area contributed by atoms with Crippen LogP contribution in [0.4, 0.5) is 18.9 Å². The number of aromatic nitrogens is 2. The molecule has 1 aliphatic heterocycles. The van der Waals surface area contributed by atoms with E-state index in [0.29, 0.717) is 37.2 Å². The molecule has 0 saturated carbocycles. The molecular formula is C20H21F3N4O2. The van der Waals surface area contributed by atoms with E-state index >= 15 is 0 Å². The molecule has 1 aromatic heterocycles. The number of nitrogens with zero attached hydrogens (tertiary/aromatic N) is 3. The Morgan fingerprint density at radius 3 is 2.55 bits per heavy atom. The molecule has 1 saturated heterocycles. The second kappa shape index (κ2) is 8.10. The van der Waals surface area contributed by atoms with Gasteiger partial charge in [0.05, 0.1) is 23.5 Å². The molecular weight excluding hydrogens is 385 g/mol. The van der Waals surface area contributed by atoms with Crippen LogP contribution in [0.25, 0.3) is 0 Å². The van der Waals surface area contributed by atoms with Gasteiger partial charge in [0.1, 0.15) is 0 Å². The highest BCUT2D eigenvalue weighted by atomic mass is 19.4. The summed E-state index contributed by atoms with van der Waals surface area (Å²) in [5.74, 6) is -0.738. The smallest absolute Gasteiger partial charge is 0.339 e. The van der Waals surface area contributed by atoms with Gasteiger partial charge in [0.15, 0.2) is 0 Å². The minimum Gasteiger partial charge on any atom is -0.339 e. The third kappa shape index (κ3) is 4.85. The van der Waals surface area contributed by atoms with Crippen molar-refractivity contribution in [3.05, 3.63) is 59.9 Å². The van der Waals surface area contributed by atoms with Crippen molar-refractivity contribution in [3.63, 3.8) is 0 Å². The molecule has 0 atom stereocenters. The number of nitrogens with one attached hydrogen (secondary N) is 1. The van der Waals surface area contributed by atoms with Gasteiger partial charge in [0, 0.05) is 24.8 Å². The van der Waals surface area contributed by atoms with Gasteiger partial charge in [-0.25, -0.2) is 0 Å². The second-order valence-corrected chi connectivity index (χ2v) is 7.01. The molecule has 0 spiro atoms. The first-order valence-electron chi connectivity index (χ1n) is 9.13. The van der Waals surface area contributed by atoms with Crippen molar-refractivity contribution in [1.82, 2.24) is 14.7 Å². The summed E-state index contributed by atoms with van der Waals surface area (Å²) >= 11 is 0. The maximum atomic E-state index is 13.0. The minimum absolute atomic E-state index is 0.0682. The van der Waals surface area contributed by atoms with E-state index in [1.54, 1.807) is 15.8 Å². The first-order valence-corrected chi connectivity index (χ1v) is 9.13. The fourth-order valence-electron chi connectivity index (χ4n) is 3.36. The molecule has 3 rings (SSSR count). The van der Waals surface area contributed by atoms with Crippen molar-refractivity contribution in [2.24, 2.45) is 0 Å². The van der Waals surface area contributed by atoms with Gasteiger partial charge in [-0.2, -0.15) is 18.3 Å². The van der Waals surface area contributed by atoms with E-state index in [9.17, 15) is 22.8 Å². The van der Waals surface area contributed by atoms with Gasteiger partial charge in [-0.05, 0) is 49.6 Å². The van der Waals surface area contributed by atoms with Crippen LogP contribution in [0.1, 0.15) is 40.4 Å². The highest BCUT2D eigenvalue weighted by Crippen LogP contribution is 2.31. The fraction of sp³-hybridized carbons (Fsp3) is 0.350. The monoisotopic (exact) mass is 406 g/mol. The Labute approximate surface area is 166 Å². The topological polar surface area (TPSA) is 67.2 Å². The SMILES string of the molecule is C=CC(=O)N1CCC(n2cc(NC(=O)c3cc(C)cc(C(F)(F)F)c3)cn2)CC1. The average molecular weight is 406 g/mol. The lowest BCUT2D eigenvalue weighted by molar-refractivity contribution is -0.137. The maximum absolute atomic E-state index is 13.0. The van der Waals surface area contributed by atoms with E-state index in [1.165, 1.54) is 25.3 Å². The summed E-state index contributed by atoms with van der Waals surface area (Å²) in [6.45, 7) is 6.16. The third-order valence-corrected chi connectivity index (χ3v) is 4.85. The van der Waals surface area contributed by atoms with Crippen molar-refractivity contribution in [2.75, 3.05) is 18.4 Å². The van der Waals surface area contributed by atoms with E-state index in [4.69, 9.17) is 0 Å². The molecule has 154 valence electrons. The van der Waals surface area contributed by atoms with Crippen molar-refractivity contribution in [2.45, 2.75) is 32.0 Å². The number of hydrogen-bond donors (Lipinski definition) is 1. The Bertz CT molecular complexity index is 928. The number of halogens is 3. The summed E-state index contributed by atoms with van der Waals surface area (Å²) in [7, 11) is 0. The van der Waals surface area contributed by atoms with Crippen LogP contribution in [-0.4, -0.2) is 39.6 Å². The molecule has 29 heavy (non-hydrogen) atoms. The molecule has 2 aromatic rings. The molecule has 1 fully saturated rings. The normalized spacial score (nSPS) is 15.2. The molecule has 0 aliphatic carbocycles. The van der Waals surface area contributed by atoms with Crippen LogP contribution < -0.4 is 5.32 Å². The van der Waals surface area contributed by atoms with Gasteiger partial charge in [-0.1, -0.05) is 6.58 Å². The Balaban J connectivity index is 1.66. The maximum Gasteiger partial charge on any atom is 0.416 e. The number of aryl methyl sites for hydroxylation is 1. The fourth-order valence-corrected chi connectivity index (χ4v) is 3.36. The van der Waals surface area contributed by atoms with E-state index in [0.717, 1.165) is 12.1 Å². The summed E-state index contributed by atoms with van der Waals surface area (Å²) in [4.78, 5) is 25.8. The van der Waals surface area contributed by atoms with E-state index < -0.39 is 17.6 Å². The van der Waals surface area contributed by atoms with Crippen molar-refractivity contribution in [3.8, 4) is 0 Å². The molecule has 0 unspecified atom stereocenters. The highest BCUT2D eigenvalue weighted by Gasteiger charge is 2.31. The first kappa shape index (κ1) is 20.6. The quantitative estimate of drug-likeness (QED) is 0.786. The summed E-state index contributed by atoms with van der Waals surface area (Å²) in [6.07, 6.45) is 1.29. The lowest BCUT2D eigenvalue weighted by Crippen LogP contribution is -2.38. The largest absolute Gasteiger partial charge is 0.416 e. The Hall–Kier alpha value is -3.10. The molecule has 2 amide bonds. The van der Waals surface area contributed by atoms with Gasteiger partial charge >= 0.3 is 6.18 Å². The zero-order chi connectivity index (χ0) is 21.2. The van der Waals surface area contributed by atoms with Gasteiger partial charge in [0.2, 0.25) is 5.91 Å². The van der Waals surface area contributed by atoms with Crippen LogP contribution in [0.3, 0.4) is 0 Å². The Kier molecular flexibility index (Phi) is 5.76. The van der Waals surface area contributed by atoms with Crippen molar-refractivity contribution in [1.29, 1.82) is 0 Å². The zero-order valence-corrected chi connectivity index (χ0v) is 15.9. The number of hydrogen-bond acceptors (Lipinski definition) is 3. The van der Waals surface area contributed by atoms with Gasteiger partial charge in [-0.15, -0.1) is 0 Å². The van der Waals surface area contributed by atoms with Crippen LogP contribution in [0, 0.1) is 6.92 Å². The van der Waals surface area contributed by atoms with E-state index in [2.05, 4.69) is 17.0 Å². The molecule has 0 bridgehead atoms. The highest BCUT2D eigenvalue weighted by molar-refractivity contribution is 6.04. The molecule has 0 radical (unpaired) electrons. The average Bonchev–Trinajstić information content (AvgIpc) is 3.14. The lowest BCUT2D eigenvalue weighted by Gasteiger charge is -2.31. The molecule has 1 aromatic carbocycles. The van der Waals surface area contributed by atoms with Gasteiger partial charge in [0.25, 0.3) is 5.91 Å². The number of benzene rings is 1. The summed E-state index contributed by atoms with van der Waals surface area (Å²) in [5.41, 5.74) is -0.184. The molecule has 9 heteroatoms. The molecule has 2 heterocycles. The Morgan fingerprint density at radius 1 is 1.24 bits per heavy atom. The molecule has 1 N–H and O–H groups in total. The Morgan fingerprint density at radius 2 is 1.93 bits per heavy atom. The number of rotatable bonds is 4. The van der Waals surface area contributed by atoms with Gasteiger partial charge < -0.3 is 10.2 Å². The van der Waals surface area contributed by atoms with Crippen molar-refractivity contribution >= 4 is 17.5 Å². The summed E-state index contributed by atoms with van der Waals surface area (Å²) < 4.78 is 40.6. The minimum atomic E-state index is -4.52.